The van der Waals surface area contributed by atoms with Crippen molar-refractivity contribution in [3.05, 3.63) is 51.5 Å². The molecule has 0 fully saturated rings. The van der Waals surface area contributed by atoms with Crippen LogP contribution in [0.15, 0.2) is 41.3 Å². The lowest BCUT2D eigenvalue weighted by molar-refractivity contribution is -0.120. The maximum Gasteiger partial charge on any atom is 0.264 e. The van der Waals surface area contributed by atoms with Gasteiger partial charge in [0.05, 0.1) is 20.8 Å². The van der Waals surface area contributed by atoms with E-state index in [1.54, 1.807) is 16.7 Å². The zero-order valence-corrected chi connectivity index (χ0v) is 15.7. The summed E-state index contributed by atoms with van der Waals surface area (Å²) in [5, 5.41) is 1.00. The Morgan fingerprint density at radius 3 is 2.71 bits per heavy atom. The SMILES string of the molecule is O=C(COc1cc(Cl)c(Cl)cc1Cl)N1CCCSc2ccccc21. The summed E-state index contributed by atoms with van der Waals surface area (Å²) >= 11 is 19.7. The molecule has 0 saturated heterocycles. The van der Waals surface area contributed by atoms with Gasteiger partial charge in [-0.15, -0.1) is 11.8 Å². The van der Waals surface area contributed by atoms with Crippen LogP contribution in [-0.2, 0) is 4.79 Å². The summed E-state index contributed by atoms with van der Waals surface area (Å²) in [5.74, 6) is 1.21. The van der Waals surface area contributed by atoms with E-state index < -0.39 is 0 Å². The lowest BCUT2D eigenvalue weighted by Crippen LogP contribution is -2.35. The largest absolute Gasteiger partial charge is 0.482 e. The molecule has 1 aliphatic heterocycles. The molecular formula is C17H14Cl3NO2S. The van der Waals surface area contributed by atoms with Gasteiger partial charge in [0.25, 0.3) is 5.91 Å². The number of rotatable bonds is 3. The molecule has 1 amide bonds. The minimum atomic E-state index is -0.118. The number of amides is 1. The molecule has 1 heterocycles. The molecule has 0 radical (unpaired) electrons. The molecule has 0 aliphatic carbocycles. The molecule has 2 aromatic carbocycles. The van der Waals surface area contributed by atoms with E-state index in [-0.39, 0.29) is 12.5 Å². The summed E-state index contributed by atoms with van der Waals surface area (Å²) in [6.07, 6.45) is 0.929. The second-order valence-electron chi connectivity index (χ2n) is 5.20. The first-order valence-electron chi connectivity index (χ1n) is 7.36. The van der Waals surface area contributed by atoms with Gasteiger partial charge in [0.15, 0.2) is 6.61 Å². The van der Waals surface area contributed by atoms with Gasteiger partial charge in [0.2, 0.25) is 0 Å². The minimum Gasteiger partial charge on any atom is -0.482 e. The third-order valence-electron chi connectivity index (χ3n) is 3.57. The lowest BCUT2D eigenvalue weighted by Gasteiger charge is -2.22. The van der Waals surface area contributed by atoms with Crippen molar-refractivity contribution in [1.82, 2.24) is 0 Å². The van der Waals surface area contributed by atoms with Crippen molar-refractivity contribution in [2.75, 3.05) is 23.8 Å². The number of carbonyl (C=O) groups excluding carboxylic acids is 1. The van der Waals surface area contributed by atoms with Gasteiger partial charge < -0.3 is 9.64 Å². The molecule has 3 nitrogen and oxygen atoms in total. The van der Waals surface area contributed by atoms with Crippen LogP contribution < -0.4 is 9.64 Å². The topological polar surface area (TPSA) is 29.5 Å². The normalized spacial score (nSPS) is 14.0. The fraction of sp³-hybridized carbons (Fsp3) is 0.235. The summed E-state index contributed by atoms with van der Waals surface area (Å²) in [5.41, 5.74) is 0.925. The average molecular weight is 403 g/mol. The fourth-order valence-corrected chi connectivity index (χ4v) is 4.00. The molecule has 0 bridgehead atoms. The number of carbonyl (C=O) groups is 1. The van der Waals surface area contributed by atoms with Crippen molar-refractivity contribution < 1.29 is 9.53 Å². The highest BCUT2D eigenvalue weighted by Gasteiger charge is 2.22. The first kappa shape index (κ1) is 17.7. The first-order chi connectivity index (χ1) is 11.6. The van der Waals surface area contributed by atoms with E-state index in [1.165, 1.54) is 12.1 Å². The van der Waals surface area contributed by atoms with Crippen molar-refractivity contribution in [1.29, 1.82) is 0 Å². The Bertz CT molecular complexity index is 769. The smallest absolute Gasteiger partial charge is 0.264 e. The highest BCUT2D eigenvalue weighted by molar-refractivity contribution is 7.99. The highest BCUT2D eigenvalue weighted by atomic mass is 35.5. The Labute approximate surface area is 159 Å². The van der Waals surface area contributed by atoms with Gasteiger partial charge in [-0.05, 0) is 30.4 Å². The van der Waals surface area contributed by atoms with Gasteiger partial charge >= 0.3 is 0 Å². The van der Waals surface area contributed by atoms with Crippen LogP contribution in [0.5, 0.6) is 5.75 Å². The Morgan fingerprint density at radius 1 is 1.12 bits per heavy atom. The molecule has 0 atom stereocenters. The molecule has 0 aromatic heterocycles. The van der Waals surface area contributed by atoms with Crippen LogP contribution in [0.1, 0.15) is 6.42 Å². The van der Waals surface area contributed by atoms with E-state index in [0.717, 1.165) is 22.8 Å². The number of ether oxygens (including phenoxy) is 1. The molecular weight excluding hydrogens is 389 g/mol. The van der Waals surface area contributed by atoms with Crippen molar-refractivity contribution in [3.63, 3.8) is 0 Å². The van der Waals surface area contributed by atoms with Crippen molar-refractivity contribution in [2.24, 2.45) is 0 Å². The molecule has 0 saturated carbocycles. The van der Waals surface area contributed by atoms with E-state index in [4.69, 9.17) is 39.5 Å². The monoisotopic (exact) mass is 401 g/mol. The van der Waals surface area contributed by atoms with Crippen LogP contribution in [0.25, 0.3) is 0 Å². The number of halogens is 3. The maximum absolute atomic E-state index is 12.6. The zero-order valence-electron chi connectivity index (χ0n) is 12.6. The number of hydrogen-bond donors (Lipinski definition) is 0. The van der Waals surface area contributed by atoms with Crippen LogP contribution in [0.3, 0.4) is 0 Å². The second kappa shape index (κ2) is 7.87. The molecule has 7 heteroatoms. The Morgan fingerprint density at radius 2 is 1.88 bits per heavy atom. The molecule has 1 aliphatic rings. The summed E-state index contributed by atoms with van der Waals surface area (Å²) < 4.78 is 5.57. The van der Waals surface area contributed by atoms with Gasteiger partial charge in [-0.1, -0.05) is 46.9 Å². The van der Waals surface area contributed by atoms with E-state index in [1.807, 2.05) is 24.3 Å². The number of anilines is 1. The lowest BCUT2D eigenvalue weighted by atomic mass is 10.2. The maximum atomic E-state index is 12.6. The van der Waals surface area contributed by atoms with Gasteiger partial charge in [-0.3, -0.25) is 4.79 Å². The predicted octanol–water partition coefficient (Wildman–Crippen LogP) is 5.55. The molecule has 24 heavy (non-hydrogen) atoms. The molecule has 0 spiro atoms. The minimum absolute atomic E-state index is 0.114. The van der Waals surface area contributed by atoms with E-state index in [9.17, 15) is 4.79 Å². The number of fused-ring (bicyclic) bond motifs is 1. The summed E-state index contributed by atoms with van der Waals surface area (Å²) in [4.78, 5) is 15.5. The Balaban J connectivity index is 1.75. The van der Waals surface area contributed by atoms with Crippen molar-refractivity contribution >= 4 is 58.2 Å². The standard InChI is InChI=1S/C17H14Cl3NO2S/c18-11-8-13(20)15(9-12(11)19)23-10-17(22)21-6-3-7-24-16-5-2-1-4-14(16)21/h1-2,4-5,8-9H,3,6-7,10H2. The highest BCUT2D eigenvalue weighted by Crippen LogP contribution is 2.35. The predicted molar refractivity (Wildman–Crippen MR) is 101 cm³/mol. The second-order valence-corrected chi connectivity index (χ2v) is 7.56. The number of benzene rings is 2. The van der Waals surface area contributed by atoms with Crippen molar-refractivity contribution in [2.45, 2.75) is 11.3 Å². The van der Waals surface area contributed by atoms with Gasteiger partial charge in [0.1, 0.15) is 5.75 Å². The number of nitrogens with zero attached hydrogens (tertiary/aromatic N) is 1. The number of para-hydroxylation sites is 1. The third-order valence-corrected chi connectivity index (χ3v) is 5.73. The summed E-state index contributed by atoms with van der Waals surface area (Å²) in [6, 6.07) is 10.9. The summed E-state index contributed by atoms with van der Waals surface area (Å²) in [6.45, 7) is 0.554. The van der Waals surface area contributed by atoms with Crippen LogP contribution in [0, 0.1) is 0 Å². The third kappa shape index (κ3) is 3.94. The van der Waals surface area contributed by atoms with Crippen LogP contribution in [-0.4, -0.2) is 24.8 Å². The Hall–Kier alpha value is -1.07. The molecule has 0 N–H and O–H groups in total. The zero-order chi connectivity index (χ0) is 17.1. The van der Waals surface area contributed by atoms with Gasteiger partial charge in [-0.25, -0.2) is 0 Å². The summed E-state index contributed by atoms with van der Waals surface area (Å²) in [7, 11) is 0. The average Bonchev–Trinajstić information content (AvgIpc) is 2.79. The Kier molecular flexibility index (Phi) is 5.82. The van der Waals surface area contributed by atoms with E-state index >= 15 is 0 Å². The van der Waals surface area contributed by atoms with Crippen LogP contribution in [0.4, 0.5) is 5.69 Å². The fourth-order valence-electron chi connectivity index (χ4n) is 2.42. The van der Waals surface area contributed by atoms with E-state index in [2.05, 4.69) is 0 Å². The van der Waals surface area contributed by atoms with Gasteiger partial charge in [0, 0.05) is 17.5 Å². The number of thioether (sulfide) groups is 1. The van der Waals surface area contributed by atoms with Gasteiger partial charge in [-0.2, -0.15) is 0 Å². The van der Waals surface area contributed by atoms with E-state index in [0.29, 0.717) is 27.4 Å². The van der Waals surface area contributed by atoms with Crippen LogP contribution >= 0.6 is 46.6 Å². The number of hydrogen-bond acceptors (Lipinski definition) is 3. The molecule has 0 unspecified atom stereocenters. The first-order valence-corrected chi connectivity index (χ1v) is 9.48. The molecule has 2 aromatic rings. The van der Waals surface area contributed by atoms with Crippen molar-refractivity contribution in [3.8, 4) is 5.75 Å². The molecule has 3 rings (SSSR count). The molecule has 126 valence electrons. The quantitative estimate of drug-likeness (QED) is 0.630. The van der Waals surface area contributed by atoms with Crippen LogP contribution in [0.2, 0.25) is 15.1 Å².